The number of nitrogens with zero attached hydrogens (tertiary/aromatic N) is 3. The van der Waals surface area contributed by atoms with Crippen LogP contribution in [0.3, 0.4) is 0 Å². The number of carbonyl (C=O) groups is 1. The number of Topliss-reactive ketones (excluding diaryl/α,β-unsaturated/α-hetero) is 1. The molecular formula is C22H22N4O4. The molecule has 8 nitrogen and oxygen atoms in total. The highest BCUT2D eigenvalue weighted by atomic mass is 16.5. The van der Waals surface area contributed by atoms with E-state index in [-0.39, 0.29) is 17.7 Å². The van der Waals surface area contributed by atoms with Crippen molar-refractivity contribution in [3.8, 4) is 11.5 Å². The number of nitrogens with one attached hydrogen (secondary N) is 1. The molecule has 5 rings (SSSR count). The largest absolute Gasteiger partial charge is 0.493 e. The van der Waals surface area contributed by atoms with Gasteiger partial charge in [-0.15, -0.1) is 0 Å². The third kappa shape index (κ3) is 2.87. The molecule has 3 aromatic rings. The molecule has 2 aromatic heterocycles. The van der Waals surface area contributed by atoms with Crippen LogP contribution in [0.2, 0.25) is 0 Å². The summed E-state index contributed by atoms with van der Waals surface area (Å²) in [5, 5.41) is 7.91. The molecule has 1 aromatic carbocycles. The van der Waals surface area contributed by atoms with Crippen LogP contribution in [0.4, 0.5) is 5.95 Å². The van der Waals surface area contributed by atoms with Gasteiger partial charge in [-0.1, -0.05) is 6.07 Å². The SMILES string of the molecule is COc1ccc([C@@H]2C3=C(C[C@@H](c4ccco4)CC3=O)Nc3nc(C)nn32)cc1OC. The van der Waals surface area contributed by atoms with Crippen molar-refractivity contribution in [3.63, 3.8) is 0 Å². The Bertz CT molecular complexity index is 1150. The Morgan fingerprint density at radius 1 is 1.17 bits per heavy atom. The van der Waals surface area contributed by atoms with Gasteiger partial charge in [-0.25, -0.2) is 4.68 Å². The van der Waals surface area contributed by atoms with E-state index >= 15 is 0 Å². The number of rotatable bonds is 4. The number of benzene rings is 1. The van der Waals surface area contributed by atoms with Crippen LogP contribution < -0.4 is 14.8 Å². The van der Waals surface area contributed by atoms with E-state index in [1.165, 1.54) is 0 Å². The summed E-state index contributed by atoms with van der Waals surface area (Å²) in [5.41, 5.74) is 2.47. The van der Waals surface area contributed by atoms with Crippen LogP contribution in [0.5, 0.6) is 11.5 Å². The minimum atomic E-state index is -0.387. The molecule has 0 saturated carbocycles. The third-order valence-corrected chi connectivity index (χ3v) is 5.69. The minimum Gasteiger partial charge on any atom is -0.493 e. The molecule has 0 fully saturated rings. The highest BCUT2D eigenvalue weighted by molar-refractivity contribution is 6.00. The lowest BCUT2D eigenvalue weighted by Crippen LogP contribution is -2.33. The zero-order valence-corrected chi connectivity index (χ0v) is 17.0. The van der Waals surface area contributed by atoms with Gasteiger partial charge in [0, 0.05) is 23.6 Å². The second-order valence-electron chi connectivity index (χ2n) is 7.51. The topological polar surface area (TPSA) is 91.4 Å². The van der Waals surface area contributed by atoms with E-state index in [1.807, 2.05) is 37.3 Å². The molecule has 30 heavy (non-hydrogen) atoms. The van der Waals surface area contributed by atoms with Crippen molar-refractivity contribution in [3.05, 3.63) is 65.0 Å². The van der Waals surface area contributed by atoms with Crippen LogP contribution in [-0.2, 0) is 4.79 Å². The molecule has 0 amide bonds. The standard InChI is InChI=1S/C22H22N4O4/c1-12-23-22-24-15-9-14(17-5-4-8-30-17)10-16(27)20(15)21(26(22)25-12)13-6-7-18(28-2)19(11-13)29-3/h4-8,11,14,21H,9-10H2,1-3H3,(H,23,24,25)/t14-,21-/m1/s1. The van der Waals surface area contributed by atoms with Gasteiger partial charge in [0.1, 0.15) is 17.6 Å². The second-order valence-corrected chi connectivity index (χ2v) is 7.51. The van der Waals surface area contributed by atoms with E-state index in [2.05, 4.69) is 15.4 Å². The van der Waals surface area contributed by atoms with Gasteiger partial charge in [-0.3, -0.25) is 4.79 Å². The maximum atomic E-state index is 13.4. The fourth-order valence-corrected chi connectivity index (χ4v) is 4.37. The predicted molar refractivity (Wildman–Crippen MR) is 109 cm³/mol. The fourth-order valence-electron chi connectivity index (χ4n) is 4.37. The summed E-state index contributed by atoms with van der Waals surface area (Å²) in [4.78, 5) is 17.9. The number of carbonyl (C=O) groups excluding carboxylic acids is 1. The number of ketones is 1. The first-order chi connectivity index (χ1) is 14.6. The first-order valence-electron chi connectivity index (χ1n) is 9.80. The van der Waals surface area contributed by atoms with Crippen molar-refractivity contribution in [1.82, 2.24) is 14.8 Å². The summed E-state index contributed by atoms with van der Waals surface area (Å²) >= 11 is 0. The number of ether oxygens (including phenoxy) is 2. The number of hydrogen-bond donors (Lipinski definition) is 1. The van der Waals surface area contributed by atoms with Gasteiger partial charge >= 0.3 is 0 Å². The number of furan rings is 1. The lowest BCUT2D eigenvalue weighted by Gasteiger charge is -2.34. The smallest absolute Gasteiger partial charge is 0.226 e. The monoisotopic (exact) mass is 406 g/mol. The Balaban J connectivity index is 1.64. The Morgan fingerprint density at radius 3 is 2.73 bits per heavy atom. The average Bonchev–Trinajstić information content (AvgIpc) is 3.40. The highest BCUT2D eigenvalue weighted by Crippen LogP contribution is 2.45. The van der Waals surface area contributed by atoms with Crippen molar-refractivity contribution in [1.29, 1.82) is 0 Å². The number of anilines is 1. The van der Waals surface area contributed by atoms with Crippen LogP contribution in [0.15, 0.2) is 52.3 Å². The van der Waals surface area contributed by atoms with Gasteiger partial charge in [0.15, 0.2) is 17.3 Å². The van der Waals surface area contributed by atoms with Gasteiger partial charge < -0.3 is 19.2 Å². The van der Waals surface area contributed by atoms with E-state index in [1.54, 1.807) is 25.2 Å². The van der Waals surface area contributed by atoms with Gasteiger partial charge in [-0.05, 0) is 43.2 Å². The minimum absolute atomic E-state index is 0.000344. The van der Waals surface area contributed by atoms with Crippen LogP contribution in [-0.4, -0.2) is 34.8 Å². The molecule has 0 bridgehead atoms. The second kappa shape index (κ2) is 7.05. The Hall–Kier alpha value is -3.55. The van der Waals surface area contributed by atoms with E-state index in [0.29, 0.717) is 41.7 Å². The van der Waals surface area contributed by atoms with Crippen molar-refractivity contribution in [2.75, 3.05) is 19.5 Å². The number of aryl methyl sites for hydroxylation is 1. The number of aromatic nitrogens is 3. The first-order valence-corrected chi connectivity index (χ1v) is 9.80. The lowest BCUT2D eigenvalue weighted by molar-refractivity contribution is -0.117. The van der Waals surface area contributed by atoms with E-state index in [9.17, 15) is 4.79 Å². The summed E-state index contributed by atoms with van der Waals surface area (Å²) in [6.07, 6.45) is 2.70. The van der Waals surface area contributed by atoms with E-state index < -0.39 is 0 Å². The Morgan fingerprint density at radius 2 is 2.00 bits per heavy atom. The molecule has 1 aliphatic carbocycles. The molecular weight excluding hydrogens is 384 g/mol. The van der Waals surface area contributed by atoms with Crippen molar-refractivity contribution < 1.29 is 18.7 Å². The summed E-state index contributed by atoms with van der Waals surface area (Å²) in [5.74, 6) is 3.39. The molecule has 1 N–H and O–H groups in total. The number of fused-ring (bicyclic) bond motifs is 1. The molecule has 1 aliphatic heterocycles. The molecule has 0 unspecified atom stereocenters. The maximum absolute atomic E-state index is 13.4. The average molecular weight is 406 g/mol. The summed E-state index contributed by atoms with van der Waals surface area (Å²) in [6, 6.07) is 9.07. The number of hydrogen-bond acceptors (Lipinski definition) is 7. The van der Waals surface area contributed by atoms with Crippen molar-refractivity contribution in [2.24, 2.45) is 0 Å². The van der Waals surface area contributed by atoms with Gasteiger partial charge in [0.05, 0.1) is 20.5 Å². The van der Waals surface area contributed by atoms with Crippen molar-refractivity contribution in [2.45, 2.75) is 31.7 Å². The zero-order valence-electron chi connectivity index (χ0n) is 17.0. The quantitative estimate of drug-likeness (QED) is 0.708. The first kappa shape index (κ1) is 18.5. The zero-order chi connectivity index (χ0) is 20.8. The Kier molecular flexibility index (Phi) is 4.34. The van der Waals surface area contributed by atoms with Gasteiger partial charge in [0.2, 0.25) is 5.95 Å². The maximum Gasteiger partial charge on any atom is 0.226 e. The molecule has 2 atom stereocenters. The highest BCUT2D eigenvalue weighted by Gasteiger charge is 2.40. The van der Waals surface area contributed by atoms with E-state index in [4.69, 9.17) is 13.9 Å². The fraction of sp³-hybridized carbons (Fsp3) is 0.318. The predicted octanol–water partition coefficient (Wildman–Crippen LogP) is 3.61. The summed E-state index contributed by atoms with van der Waals surface area (Å²) < 4.78 is 18.2. The number of methoxy groups -OCH3 is 2. The molecule has 3 heterocycles. The summed E-state index contributed by atoms with van der Waals surface area (Å²) in [6.45, 7) is 1.84. The van der Waals surface area contributed by atoms with Crippen LogP contribution in [0, 0.1) is 6.92 Å². The normalized spacial score (nSPS) is 20.4. The van der Waals surface area contributed by atoms with Crippen LogP contribution >= 0.6 is 0 Å². The van der Waals surface area contributed by atoms with Gasteiger partial charge in [-0.2, -0.15) is 10.1 Å². The Labute approximate surface area is 173 Å². The summed E-state index contributed by atoms with van der Waals surface area (Å²) in [7, 11) is 3.19. The molecule has 0 spiro atoms. The molecule has 8 heteroatoms. The van der Waals surface area contributed by atoms with Crippen LogP contribution in [0.1, 0.15) is 41.9 Å². The van der Waals surface area contributed by atoms with Crippen molar-refractivity contribution >= 4 is 11.7 Å². The van der Waals surface area contributed by atoms with E-state index in [0.717, 1.165) is 17.0 Å². The number of allylic oxidation sites excluding steroid dienone is 2. The molecule has 0 saturated heterocycles. The van der Waals surface area contributed by atoms with Gasteiger partial charge in [0.25, 0.3) is 0 Å². The molecule has 0 radical (unpaired) electrons. The third-order valence-electron chi connectivity index (χ3n) is 5.69. The molecule has 2 aliphatic rings. The lowest BCUT2D eigenvalue weighted by atomic mass is 9.79. The molecule has 154 valence electrons. The van der Waals surface area contributed by atoms with Crippen LogP contribution in [0.25, 0.3) is 0 Å².